The normalized spacial score (nSPS) is 10.1. The molecular weight excluding hydrogens is 297 g/mol. The Hall–Kier alpha value is -2.83. The van der Waals surface area contributed by atoms with E-state index in [4.69, 9.17) is 0 Å². The summed E-state index contributed by atoms with van der Waals surface area (Å²) in [7, 11) is 0. The first-order valence-electron chi connectivity index (χ1n) is 6.25. The Morgan fingerprint density at radius 3 is 2.05 bits per heavy atom. The molecule has 0 unspecified atom stereocenters. The lowest BCUT2D eigenvalue weighted by Crippen LogP contribution is -2.35. The number of benzene rings is 2. The maximum absolute atomic E-state index is 13.3. The molecule has 4 nitrogen and oxygen atoms in total. The summed E-state index contributed by atoms with van der Waals surface area (Å²) in [4.78, 5) is 23.1. The number of hydrogen-bond donors (Lipinski definition) is 2. The van der Waals surface area contributed by atoms with Crippen LogP contribution in [0.15, 0.2) is 42.5 Å². The van der Waals surface area contributed by atoms with Crippen LogP contribution in [-0.2, 0) is 16.1 Å². The number of hydrogen-bond acceptors (Lipinski definition) is 2. The van der Waals surface area contributed by atoms with Crippen molar-refractivity contribution in [2.45, 2.75) is 6.54 Å². The van der Waals surface area contributed by atoms with Gasteiger partial charge in [-0.1, -0.05) is 24.3 Å². The summed E-state index contributed by atoms with van der Waals surface area (Å²) in [5.41, 5.74) is -0.533. The summed E-state index contributed by atoms with van der Waals surface area (Å²) in [6, 6.07) is 8.69. The second-order valence-corrected chi connectivity index (χ2v) is 4.32. The van der Waals surface area contributed by atoms with Crippen LogP contribution in [0, 0.1) is 17.5 Å². The van der Waals surface area contributed by atoms with Crippen molar-refractivity contribution < 1.29 is 22.8 Å². The van der Waals surface area contributed by atoms with E-state index in [2.05, 4.69) is 5.32 Å². The summed E-state index contributed by atoms with van der Waals surface area (Å²) < 4.78 is 40.0. The second kappa shape index (κ2) is 6.75. The molecular formula is C15H11F3N2O2. The number of halogens is 3. The molecule has 114 valence electrons. The molecule has 0 radical (unpaired) electrons. The molecule has 0 atom stereocenters. The van der Waals surface area contributed by atoms with Gasteiger partial charge in [0.25, 0.3) is 0 Å². The Morgan fingerprint density at radius 2 is 1.41 bits per heavy atom. The molecule has 0 aliphatic rings. The summed E-state index contributed by atoms with van der Waals surface area (Å²) in [6.07, 6.45) is 0. The summed E-state index contributed by atoms with van der Waals surface area (Å²) in [5, 5.41) is 4.00. The quantitative estimate of drug-likeness (QED) is 0.855. The fraction of sp³-hybridized carbons (Fsp3) is 0.0667. The van der Waals surface area contributed by atoms with Gasteiger partial charge in [0.2, 0.25) is 0 Å². The lowest BCUT2D eigenvalue weighted by atomic mass is 10.2. The molecule has 0 saturated carbocycles. The zero-order chi connectivity index (χ0) is 16.1. The molecule has 0 heterocycles. The smallest absolute Gasteiger partial charge is 0.313 e. The number of anilines is 1. The largest absolute Gasteiger partial charge is 0.344 e. The third kappa shape index (κ3) is 3.63. The monoisotopic (exact) mass is 308 g/mol. The molecule has 0 aliphatic carbocycles. The highest BCUT2D eigenvalue weighted by molar-refractivity contribution is 6.39. The molecule has 22 heavy (non-hydrogen) atoms. The van der Waals surface area contributed by atoms with Gasteiger partial charge < -0.3 is 10.6 Å². The van der Waals surface area contributed by atoms with E-state index in [-0.39, 0.29) is 12.1 Å². The van der Waals surface area contributed by atoms with Gasteiger partial charge in [0.15, 0.2) is 0 Å². The van der Waals surface area contributed by atoms with Crippen molar-refractivity contribution in [3.05, 3.63) is 65.5 Å². The highest BCUT2D eigenvalue weighted by atomic mass is 19.1. The average molecular weight is 308 g/mol. The van der Waals surface area contributed by atoms with Crippen molar-refractivity contribution in [2.24, 2.45) is 0 Å². The van der Waals surface area contributed by atoms with Crippen LogP contribution in [0.5, 0.6) is 0 Å². The van der Waals surface area contributed by atoms with E-state index in [0.29, 0.717) is 0 Å². The topological polar surface area (TPSA) is 58.2 Å². The fourth-order valence-electron chi connectivity index (χ4n) is 1.69. The minimum atomic E-state index is -1.25. The van der Waals surface area contributed by atoms with Crippen LogP contribution in [0.4, 0.5) is 18.9 Å². The molecule has 0 aliphatic heterocycles. The molecule has 2 amide bonds. The lowest BCUT2D eigenvalue weighted by Gasteiger charge is -2.08. The van der Waals surface area contributed by atoms with Crippen LogP contribution >= 0.6 is 0 Å². The SMILES string of the molecule is O=C(NCc1ccccc1F)C(=O)Nc1c(F)cccc1F. The average Bonchev–Trinajstić information content (AvgIpc) is 2.49. The van der Waals surface area contributed by atoms with E-state index in [1.807, 2.05) is 5.32 Å². The van der Waals surface area contributed by atoms with Crippen LogP contribution in [0.25, 0.3) is 0 Å². The number of carbonyl (C=O) groups excluding carboxylic acids is 2. The van der Waals surface area contributed by atoms with E-state index in [9.17, 15) is 22.8 Å². The predicted molar refractivity (Wildman–Crippen MR) is 73.2 cm³/mol. The van der Waals surface area contributed by atoms with Crippen LogP contribution in [0.1, 0.15) is 5.56 Å². The molecule has 0 bridgehead atoms. The maximum Gasteiger partial charge on any atom is 0.313 e. The van der Waals surface area contributed by atoms with Crippen molar-refractivity contribution in [3.63, 3.8) is 0 Å². The number of carbonyl (C=O) groups is 2. The molecule has 0 spiro atoms. The van der Waals surface area contributed by atoms with Gasteiger partial charge in [-0.25, -0.2) is 13.2 Å². The first kappa shape index (κ1) is 15.6. The standard InChI is InChI=1S/C15H11F3N2O2/c16-10-5-2-1-4-9(10)8-19-14(21)15(22)20-13-11(17)6-3-7-12(13)18/h1-7H,8H2,(H,19,21)(H,20,22). The van der Waals surface area contributed by atoms with Gasteiger partial charge in [-0.15, -0.1) is 0 Å². The van der Waals surface area contributed by atoms with Crippen molar-refractivity contribution in [1.29, 1.82) is 0 Å². The number of nitrogens with one attached hydrogen (secondary N) is 2. The van der Waals surface area contributed by atoms with Gasteiger partial charge in [0.1, 0.15) is 23.1 Å². The highest BCUT2D eigenvalue weighted by Crippen LogP contribution is 2.17. The molecule has 2 aromatic carbocycles. The van der Waals surface area contributed by atoms with E-state index in [1.165, 1.54) is 18.2 Å². The van der Waals surface area contributed by atoms with Gasteiger partial charge in [-0.3, -0.25) is 9.59 Å². The lowest BCUT2D eigenvalue weighted by molar-refractivity contribution is -0.136. The molecule has 2 N–H and O–H groups in total. The van der Waals surface area contributed by atoms with Crippen LogP contribution in [0.2, 0.25) is 0 Å². The third-order valence-electron chi connectivity index (χ3n) is 2.80. The highest BCUT2D eigenvalue weighted by Gasteiger charge is 2.18. The molecule has 2 aromatic rings. The van der Waals surface area contributed by atoms with Crippen LogP contribution in [0.3, 0.4) is 0 Å². The van der Waals surface area contributed by atoms with Crippen molar-refractivity contribution in [1.82, 2.24) is 5.32 Å². The van der Waals surface area contributed by atoms with E-state index >= 15 is 0 Å². The number of para-hydroxylation sites is 1. The zero-order valence-electron chi connectivity index (χ0n) is 11.2. The van der Waals surface area contributed by atoms with Gasteiger partial charge >= 0.3 is 11.8 Å². The van der Waals surface area contributed by atoms with E-state index < -0.39 is 35.0 Å². The van der Waals surface area contributed by atoms with Gasteiger partial charge in [-0.05, 0) is 18.2 Å². The Bertz CT molecular complexity index is 699. The molecule has 2 rings (SSSR count). The minimum absolute atomic E-state index is 0.181. The van der Waals surface area contributed by atoms with E-state index in [0.717, 1.165) is 18.2 Å². The Morgan fingerprint density at radius 1 is 0.818 bits per heavy atom. The van der Waals surface area contributed by atoms with Crippen molar-refractivity contribution >= 4 is 17.5 Å². The first-order valence-corrected chi connectivity index (χ1v) is 6.25. The van der Waals surface area contributed by atoms with Crippen LogP contribution < -0.4 is 10.6 Å². The Balaban J connectivity index is 1.98. The Labute approximate surface area is 124 Å². The van der Waals surface area contributed by atoms with Crippen molar-refractivity contribution in [3.8, 4) is 0 Å². The molecule has 0 saturated heterocycles. The summed E-state index contributed by atoms with van der Waals surface area (Å²) in [5.74, 6) is -4.93. The predicted octanol–water partition coefficient (Wildman–Crippen LogP) is 2.36. The minimum Gasteiger partial charge on any atom is -0.344 e. The number of amides is 2. The zero-order valence-corrected chi connectivity index (χ0v) is 11.2. The summed E-state index contributed by atoms with van der Waals surface area (Å²) >= 11 is 0. The van der Waals surface area contributed by atoms with Gasteiger partial charge in [0.05, 0.1) is 0 Å². The number of rotatable bonds is 3. The first-order chi connectivity index (χ1) is 10.5. The maximum atomic E-state index is 13.3. The molecule has 7 heteroatoms. The molecule has 0 aromatic heterocycles. The van der Waals surface area contributed by atoms with Crippen LogP contribution in [-0.4, -0.2) is 11.8 Å². The van der Waals surface area contributed by atoms with Gasteiger partial charge in [-0.2, -0.15) is 0 Å². The fourth-order valence-corrected chi connectivity index (χ4v) is 1.69. The van der Waals surface area contributed by atoms with E-state index in [1.54, 1.807) is 6.07 Å². The Kier molecular flexibility index (Phi) is 4.77. The third-order valence-corrected chi connectivity index (χ3v) is 2.80. The van der Waals surface area contributed by atoms with Crippen molar-refractivity contribution in [2.75, 3.05) is 5.32 Å². The second-order valence-electron chi connectivity index (χ2n) is 4.32. The van der Waals surface area contributed by atoms with Gasteiger partial charge in [0, 0.05) is 12.1 Å². The summed E-state index contributed by atoms with van der Waals surface area (Å²) in [6.45, 7) is -0.224. The molecule has 0 fully saturated rings.